The van der Waals surface area contributed by atoms with Crippen LogP contribution in [0.2, 0.25) is 0 Å². The minimum absolute atomic E-state index is 0.0926. The number of carbonyl (C=O) groups excluding carboxylic acids is 2. The highest BCUT2D eigenvalue weighted by atomic mass is 16.5. The highest BCUT2D eigenvalue weighted by Crippen LogP contribution is 2.25. The number of nitrogens with two attached hydrogens (primary N) is 1. The average molecular weight is 249 g/mol. The number of nitrogens with one attached hydrogen (secondary N) is 2. The summed E-state index contributed by atoms with van der Waals surface area (Å²) in [6.07, 6.45) is 0.917. The molecule has 1 fully saturated rings. The highest BCUT2D eigenvalue weighted by molar-refractivity contribution is 5.99. The van der Waals surface area contributed by atoms with Crippen molar-refractivity contribution in [2.24, 2.45) is 0 Å². The van der Waals surface area contributed by atoms with Crippen molar-refractivity contribution in [3.05, 3.63) is 18.2 Å². The average Bonchev–Trinajstić information content (AvgIpc) is 2.78. The van der Waals surface area contributed by atoms with Gasteiger partial charge >= 0.3 is 0 Å². The van der Waals surface area contributed by atoms with Crippen molar-refractivity contribution in [1.82, 2.24) is 5.32 Å². The van der Waals surface area contributed by atoms with Crippen molar-refractivity contribution >= 4 is 23.2 Å². The summed E-state index contributed by atoms with van der Waals surface area (Å²) in [5.74, 6) is 0.181. The first-order valence-electron chi connectivity index (χ1n) is 5.64. The van der Waals surface area contributed by atoms with E-state index >= 15 is 0 Å². The molecule has 1 heterocycles. The van der Waals surface area contributed by atoms with Crippen molar-refractivity contribution in [3.63, 3.8) is 0 Å². The molecule has 1 aromatic carbocycles. The normalized spacial score (nSPS) is 18.3. The van der Waals surface area contributed by atoms with Crippen LogP contribution in [-0.2, 0) is 9.59 Å². The molecule has 0 aromatic heterocycles. The third kappa shape index (κ3) is 2.53. The quantitative estimate of drug-likeness (QED) is 0.680. The Morgan fingerprint density at radius 2 is 2.33 bits per heavy atom. The number of rotatable bonds is 3. The van der Waals surface area contributed by atoms with E-state index in [1.165, 1.54) is 7.11 Å². The first-order chi connectivity index (χ1) is 8.60. The number of anilines is 2. The lowest BCUT2D eigenvalue weighted by Crippen LogP contribution is -2.37. The molecule has 1 aliphatic rings. The molecule has 2 rings (SSSR count). The molecule has 1 atom stereocenters. The summed E-state index contributed by atoms with van der Waals surface area (Å²) in [5.41, 5.74) is 6.77. The monoisotopic (exact) mass is 249 g/mol. The van der Waals surface area contributed by atoms with Crippen LogP contribution in [0.3, 0.4) is 0 Å². The molecule has 0 aliphatic carbocycles. The van der Waals surface area contributed by atoms with E-state index in [1.807, 2.05) is 0 Å². The number of carbonyl (C=O) groups is 2. The summed E-state index contributed by atoms with van der Waals surface area (Å²) in [7, 11) is 1.51. The van der Waals surface area contributed by atoms with E-state index in [-0.39, 0.29) is 11.8 Å². The molecule has 96 valence electrons. The van der Waals surface area contributed by atoms with Crippen LogP contribution in [0.15, 0.2) is 18.2 Å². The minimum atomic E-state index is -0.457. The summed E-state index contributed by atoms with van der Waals surface area (Å²) < 4.78 is 5.06. The van der Waals surface area contributed by atoms with E-state index in [0.29, 0.717) is 30.0 Å². The maximum Gasteiger partial charge on any atom is 0.246 e. The maximum absolute atomic E-state index is 11.8. The van der Waals surface area contributed by atoms with Gasteiger partial charge in [-0.3, -0.25) is 9.59 Å². The van der Waals surface area contributed by atoms with E-state index < -0.39 is 6.04 Å². The van der Waals surface area contributed by atoms with Gasteiger partial charge in [-0.15, -0.1) is 0 Å². The fraction of sp³-hybridized carbons (Fsp3) is 0.333. The molecule has 0 radical (unpaired) electrons. The SMILES string of the molecule is COc1cc(NC(=O)[C@H]2CCC(=O)N2)ccc1N. The number of hydrogen-bond acceptors (Lipinski definition) is 4. The molecular weight excluding hydrogens is 234 g/mol. The van der Waals surface area contributed by atoms with Gasteiger partial charge in [0.05, 0.1) is 12.8 Å². The molecule has 6 nitrogen and oxygen atoms in total. The number of hydrogen-bond donors (Lipinski definition) is 3. The van der Waals surface area contributed by atoms with Gasteiger partial charge in [0.15, 0.2) is 0 Å². The largest absolute Gasteiger partial charge is 0.495 e. The summed E-state index contributed by atoms with van der Waals surface area (Å²) in [6, 6.07) is 4.53. The van der Waals surface area contributed by atoms with E-state index in [9.17, 15) is 9.59 Å². The van der Waals surface area contributed by atoms with Crippen molar-refractivity contribution in [2.75, 3.05) is 18.2 Å². The molecule has 18 heavy (non-hydrogen) atoms. The van der Waals surface area contributed by atoms with E-state index in [1.54, 1.807) is 18.2 Å². The lowest BCUT2D eigenvalue weighted by atomic mass is 10.2. The lowest BCUT2D eigenvalue weighted by molar-refractivity contribution is -0.122. The zero-order chi connectivity index (χ0) is 13.1. The second-order valence-electron chi connectivity index (χ2n) is 4.10. The molecule has 6 heteroatoms. The van der Waals surface area contributed by atoms with Gasteiger partial charge in [-0.1, -0.05) is 0 Å². The van der Waals surface area contributed by atoms with Crippen molar-refractivity contribution in [3.8, 4) is 5.75 Å². The summed E-state index contributed by atoms with van der Waals surface area (Å²) >= 11 is 0. The van der Waals surface area contributed by atoms with Gasteiger partial charge in [-0.2, -0.15) is 0 Å². The predicted octanol–water partition coefficient (Wildman–Crippen LogP) is 0.494. The molecule has 0 spiro atoms. The highest BCUT2D eigenvalue weighted by Gasteiger charge is 2.27. The van der Waals surface area contributed by atoms with Crippen molar-refractivity contribution < 1.29 is 14.3 Å². The lowest BCUT2D eigenvalue weighted by Gasteiger charge is -2.12. The summed E-state index contributed by atoms with van der Waals surface area (Å²) in [5, 5.41) is 5.32. The fourth-order valence-electron chi connectivity index (χ4n) is 1.83. The second-order valence-corrected chi connectivity index (χ2v) is 4.10. The topological polar surface area (TPSA) is 93.4 Å². The van der Waals surface area contributed by atoms with Gasteiger partial charge in [-0.05, 0) is 18.6 Å². The van der Waals surface area contributed by atoms with E-state index in [2.05, 4.69) is 10.6 Å². The Labute approximate surface area is 104 Å². The first kappa shape index (κ1) is 12.2. The van der Waals surface area contributed by atoms with Crippen LogP contribution >= 0.6 is 0 Å². The molecule has 4 N–H and O–H groups in total. The molecule has 0 saturated carbocycles. The van der Waals surface area contributed by atoms with E-state index in [4.69, 9.17) is 10.5 Å². The van der Waals surface area contributed by atoms with Gasteiger partial charge in [0.1, 0.15) is 11.8 Å². The Kier molecular flexibility index (Phi) is 3.36. The number of amides is 2. The minimum Gasteiger partial charge on any atom is -0.495 e. The van der Waals surface area contributed by atoms with Crippen molar-refractivity contribution in [1.29, 1.82) is 0 Å². The van der Waals surface area contributed by atoms with Crippen LogP contribution in [0.25, 0.3) is 0 Å². The Bertz CT molecular complexity index is 487. The number of nitrogen functional groups attached to an aromatic ring is 1. The summed E-state index contributed by atoms with van der Waals surface area (Å²) in [4.78, 5) is 22.9. The summed E-state index contributed by atoms with van der Waals surface area (Å²) in [6.45, 7) is 0. The Morgan fingerprint density at radius 3 is 2.94 bits per heavy atom. The van der Waals surface area contributed by atoms with Crippen LogP contribution < -0.4 is 21.1 Å². The van der Waals surface area contributed by atoms with Crippen LogP contribution in [-0.4, -0.2) is 25.0 Å². The molecule has 1 saturated heterocycles. The second kappa shape index (κ2) is 4.95. The van der Waals surface area contributed by atoms with Crippen LogP contribution in [0.5, 0.6) is 5.75 Å². The van der Waals surface area contributed by atoms with Gasteiger partial charge in [0.2, 0.25) is 11.8 Å². The van der Waals surface area contributed by atoms with Crippen LogP contribution in [0, 0.1) is 0 Å². The molecule has 0 bridgehead atoms. The van der Waals surface area contributed by atoms with Gasteiger partial charge in [0.25, 0.3) is 0 Å². The number of benzene rings is 1. The Balaban J connectivity index is 2.05. The number of methoxy groups -OCH3 is 1. The van der Waals surface area contributed by atoms with Crippen LogP contribution in [0.1, 0.15) is 12.8 Å². The Morgan fingerprint density at radius 1 is 1.56 bits per heavy atom. The predicted molar refractivity (Wildman–Crippen MR) is 67.2 cm³/mol. The molecular formula is C12H15N3O3. The van der Waals surface area contributed by atoms with Gasteiger partial charge < -0.3 is 21.1 Å². The third-order valence-electron chi connectivity index (χ3n) is 2.81. The Hall–Kier alpha value is -2.24. The standard InChI is InChI=1S/C12H15N3O3/c1-18-10-6-7(2-3-8(10)13)14-12(17)9-4-5-11(16)15-9/h2-3,6,9H,4-5,13H2,1H3,(H,14,17)(H,15,16)/t9-/m1/s1. The molecule has 1 aliphatic heterocycles. The van der Waals surface area contributed by atoms with Gasteiger partial charge in [0, 0.05) is 18.2 Å². The zero-order valence-electron chi connectivity index (χ0n) is 10.0. The van der Waals surface area contributed by atoms with Crippen LogP contribution in [0.4, 0.5) is 11.4 Å². The molecule has 2 amide bonds. The van der Waals surface area contributed by atoms with E-state index in [0.717, 1.165) is 0 Å². The maximum atomic E-state index is 11.8. The van der Waals surface area contributed by atoms with Crippen molar-refractivity contribution in [2.45, 2.75) is 18.9 Å². The fourth-order valence-corrected chi connectivity index (χ4v) is 1.83. The number of ether oxygens (including phenoxy) is 1. The smallest absolute Gasteiger partial charge is 0.246 e. The molecule has 1 aromatic rings. The third-order valence-corrected chi connectivity index (χ3v) is 2.81. The van der Waals surface area contributed by atoms with Gasteiger partial charge in [-0.25, -0.2) is 0 Å². The first-order valence-corrected chi connectivity index (χ1v) is 5.64. The molecule has 0 unspecified atom stereocenters. The zero-order valence-corrected chi connectivity index (χ0v) is 10.0.